The van der Waals surface area contributed by atoms with E-state index in [1.165, 1.54) is 0 Å². The lowest BCUT2D eigenvalue weighted by atomic mass is 10.2. The van der Waals surface area contributed by atoms with E-state index in [4.69, 9.17) is 5.11 Å². The van der Waals surface area contributed by atoms with E-state index >= 15 is 0 Å². The Balaban J connectivity index is 2.19. The molecule has 2 aromatic heterocycles. The number of nitrogens with one attached hydrogen (secondary N) is 3. The van der Waals surface area contributed by atoms with E-state index in [-0.39, 0.29) is 22.7 Å². The highest BCUT2D eigenvalue weighted by atomic mass is 32.1. The minimum atomic E-state index is -1.13. The van der Waals surface area contributed by atoms with Gasteiger partial charge in [-0.3, -0.25) is 14.6 Å². The van der Waals surface area contributed by atoms with Crippen molar-refractivity contribution in [2.45, 2.75) is 13.3 Å². The summed E-state index contributed by atoms with van der Waals surface area (Å²) in [5, 5.41) is 13.1. The van der Waals surface area contributed by atoms with Crippen molar-refractivity contribution < 1.29 is 14.7 Å². The van der Waals surface area contributed by atoms with Crippen molar-refractivity contribution in [3.8, 4) is 0 Å². The SMILES string of the molecule is Cc1csc(C(=O)O)c1NC(=O)Cc1cc(=O)[nH]c(=O)[nH]1. The molecule has 0 aliphatic heterocycles. The van der Waals surface area contributed by atoms with Gasteiger partial charge in [-0.2, -0.15) is 0 Å². The van der Waals surface area contributed by atoms with Crippen LogP contribution >= 0.6 is 11.3 Å². The molecule has 110 valence electrons. The lowest BCUT2D eigenvalue weighted by Crippen LogP contribution is -2.25. The van der Waals surface area contributed by atoms with Crippen LogP contribution in [-0.4, -0.2) is 27.0 Å². The third kappa shape index (κ3) is 3.45. The van der Waals surface area contributed by atoms with Gasteiger partial charge in [0.05, 0.1) is 12.1 Å². The molecule has 0 unspecified atom stereocenters. The minimum absolute atomic E-state index is 0.0280. The average Bonchev–Trinajstić information content (AvgIpc) is 2.69. The quantitative estimate of drug-likeness (QED) is 0.645. The smallest absolute Gasteiger partial charge is 0.348 e. The topological polar surface area (TPSA) is 132 Å². The largest absolute Gasteiger partial charge is 0.477 e. The van der Waals surface area contributed by atoms with Gasteiger partial charge < -0.3 is 15.4 Å². The minimum Gasteiger partial charge on any atom is -0.477 e. The fraction of sp³-hybridized carbons (Fsp3) is 0.167. The van der Waals surface area contributed by atoms with Gasteiger partial charge in [0.1, 0.15) is 4.88 Å². The number of carbonyl (C=O) groups excluding carboxylic acids is 1. The van der Waals surface area contributed by atoms with Crippen molar-refractivity contribution in [1.29, 1.82) is 0 Å². The molecule has 0 aliphatic rings. The van der Waals surface area contributed by atoms with Crippen LogP contribution in [0, 0.1) is 6.92 Å². The highest BCUT2D eigenvalue weighted by Gasteiger charge is 2.17. The number of carbonyl (C=O) groups is 2. The number of carboxylic acid groups (broad SMARTS) is 1. The summed E-state index contributed by atoms with van der Waals surface area (Å²) in [5.41, 5.74) is -0.316. The number of thiophene rings is 1. The molecule has 0 fully saturated rings. The molecule has 0 aromatic carbocycles. The number of carboxylic acids is 1. The first-order chi connectivity index (χ1) is 9.86. The molecule has 0 saturated carbocycles. The molecule has 0 saturated heterocycles. The second-order valence-electron chi connectivity index (χ2n) is 4.27. The molecule has 0 aliphatic carbocycles. The fourth-order valence-corrected chi connectivity index (χ4v) is 2.57. The molecule has 4 N–H and O–H groups in total. The lowest BCUT2D eigenvalue weighted by molar-refractivity contribution is -0.115. The van der Waals surface area contributed by atoms with E-state index in [9.17, 15) is 19.2 Å². The van der Waals surface area contributed by atoms with E-state index in [1.54, 1.807) is 12.3 Å². The monoisotopic (exact) mass is 309 g/mol. The number of aromatic nitrogens is 2. The summed E-state index contributed by atoms with van der Waals surface area (Å²) in [4.78, 5) is 49.5. The van der Waals surface area contributed by atoms with E-state index in [0.717, 1.165) is 17.4 Å². The Morgan fingerprint density at radius 2 is 2.05 bits per heavy atom. The summed E-state index contributed by atoms with van der Waals surface area (Å²) in [7, 11) is 0. The molecule has 0 atom stereocenters. The van der Waals surface area contributed by atoms with Gasteiger partial charge in [-0.1, -0.05) is 0 Å². The molecule has 0 radical (unpaired) electrons. The van der Waals surface area contributed by atoms with Crippen molar-refractivity contribution >= 4 is 28.9 Å². The van der Waals surface area contributed by atoms with Crippen molar-refractivity contribution in [2.24, 2.45) is 0 Å². The Labute approximate surface area is 121 Å². The number of aromatic amines is 2. The van der Waals surface area contributed by atoms with Crippen LogP contribution in [0.1, 0.15) is 20.9 Å². The van der Waals surface area contributed by atoms with E-state index < -0.39 is 23.1 Å². The third-order valence-corrected chi connectivity index (χ3v) is 3.69. The summed E-state index contributed by atoms with van der Waals surface area (Å²) in [6, 6.07) is 1.10. The van der Waals surface area contributed by atoms with Crippen LogP contribution < -0.4 is 16.6 Å². The predicted molar refractivity (Wildman–Crippen MR) is 76.0 cm³/mol. The second-order valence-corrected chi connectivity index (χ2v) is 5.15. The summed E-state index contributed by atoms with van der Waals surface area (Å²) in [6.45, 7) is 1.67. The van der Waals surface area contributed by atoms with Crippen LogP contribution in [0.3, 0.4) is 0 Å². The second kappa shape index (κ2) is 5.75. The summed E-state index contributed by atoms with van der Waals surface area (Å²) >= 11 is 1.01. The zero-order valence-corrected chi connectivity index (χ0v) is 11.7. The molecule has 21 heavy (non-hydrogen) atoms. The summed E-state index contributed by atoms with van der Waals surface area (Å²) in [5.74, 6) is -1.66. The molecule has 0 spiro atoms. The van der Waals surface area contributed by atoms with Gasteiger partial charge in [-0.25, -0.2) is 9.59 Å². The third-order valence-electron chi connectivity index (χ3n) is 2.60. The van der Waals surface area contributed by atoms with Crippen molar-refractivity contribution in [3.63, 3.8) is 0 Å². The first kappa shape index (κ1) is 14.7. The van der Waals surface area contributed by atoms with Crippen LogP contribution in [-0.2, 0) is 11.2 Å². The van der Waals surface area contributed by atoms with E-state index in [2.05, 4.69) is 10.3 Å². The molecule has 2 rings (SSSR count). The fourth-order valence-electron chi connectivity index (χ4n) is 1.73. The van der Waals surface area contributed by atoms with Crippen LogP contribution in [0.15, 0.2) is 21.0 Å². The van der Waals surface area contributed by atoms with Crippen LogP contribution in [0.25, 0.3) is 0 Å². The number of anilines is 1. The summed E-state index contributed by atoms with van der Waals surface area (Å²) < 4.78 is 0. The first-order valence-electron chi connectivity index (χ1n) is 5.80. The van der Waals surface area contributed by atoms with Crippen LogP contribution in [0.4, 0.5) is 5.69 Å². The lowest BCUT2D eigenvalue weighted by Gasteiger charge is -2.06. The number of aryl methyl sites for hydroxylation is 1. The van der Waals surface area contributed by atoms with Gasteiger partial charge in [0.15, 0.2) is 0 Å². The maximum absolute atomic E-state index is 11.9. The molecular weight excluding hydrogens is 298 g/mol. The molecule has 2 heterocycles. The zero-order chi connectivity index (χ0) is 15.6. The highest BCUT2D eigenvalue weighted by molar-refractivity contribution is 7.12. The van der Waals surface area contributed by atoms with Crippen molar-refractivity contribution in [3.05, 3.63) is 48.4 Å². The molecular formula is C12H11N3O5S. The van der Waals surface area contributed by atoms with Gasteiger partial charge in [0, 0.05) is 11.8 Å². The average molecular weight is 309 g/mol. The normalized spacial score (nSPS) is 10.3. The van der Waals surface area contributed by atoms with Gasteiger partial charge in [-0.15, -0.1) is 11.3 Å². The van der Waals surface area contributed by atoms with E-state index in [1.807, 2.05) is 4.98 Å². The Bertz CT molecular complexity index is 789. The summed E-state index contributed by atoms with van der Waals surface area (Å²) in [6.07, 6.45) is -0.243. The zero-order valence-electron chi connectivity index (χ0n) is 10.9. The van der Waals surface area contributed by atoms with E-state index in [0.29, 0.717) is 5.56 Å². The number of amides is 1. The van der Waals surface area contributed by atoms with Crippen LogP contribution in [0.2, 0.25) is 0 Å². The Morgan fingerprint density at radius 1 is 1.33 bits per heavy atom. The highest BCUT2D eigenvalue weighted by Crippen LogP contribution is 2.27. The molecule has 8 nitrogen and oxygen atoms in total. The first-order valence-corrected chi connectivity index (χ1v) is 6.68. The van der Waals surface area contributed by atoms with Crippen molar-refractivity contribution in [1.82, 2.24) is 9.97 Å². The van der Waals surface area contributed by atoms with Gasteiger partial charge in [0.25, 0.3) is 5.56 Å². The number of hydrogen-bond donors (Lipinski definition) is 4. The Morgan fingerprint density at radius 3 is 2.67 bits per heavy atom. The predicted octanol–water partition coefficient (Wildman–Crippen LogP) is 0.313. The number of aromatic carboxylic acids is 1. The van der Waals surface area contributed by atoms with Gasteiger partial charge >= 0.3 is 11.7 Å². The molecule has 2 aromatic rings. The maximum atomic E-state index is 11.9. The number of H-pyrrole nitrogens is 2. The van der Waals surface area contributed by atoms with Gasteiger partial charge in [-0.05, 0) is 17.9 Å². The Hall–Kier alpha value is -2.68. The molecule has 0 bridgehead atoms. The standard InChI is InChI=1S/C12H11N3O5S/c1-5-4-21-10(11(18)19)9(5)14-7(16)2-6-3-8(17)15-12(20)13-6/h3-4H,2H2,1H3,(H,14,16)(H,18,19)(H2,13,15,17,20). The van der Waals surface area contributed by atoms with Gasteiger partial charge in [0.2, 0.25) is 5.91 Å². The maximum Gasteiger partial charge on any atom is 0.348 e. The number of rotatable bonds is 4. The van der Waals surface area contributed by atoms with Crippen molar-refractivity contribution in [2.75, 3.05) is 5.32 Å². The molecule has 9 heteroatoms. The number of hydrogen-bond acceptors (Lipinski definition) is 5. The Kier molecular flexibility index (Phi) is 4.03. The van der Waals surface area contributed by atoms with Crippen LogP contribution in [0.5, 0.6) is 0 Å². The molecule has 1 amide bonds.